The summed E-state index contributed by atoms with van der Waals surface area (Å²) in [5.41, 5.74) is 2.17. The van der Waals surface area contributed by atoms with Gasteiger partial charge in [-0.25, -0.2) is 9.38 Å². The Bertz CT molecular complexity index is 748. The third-order valence-corrected chi connectivity index (χ3v) is 4.95. The number of piperazine rings is 1. The highest BCUT2D eigenvalue weighted by Gasteiger charge is 2.16. The summed E-state index contributed by atoms with van der Waals surface area (Å²) in [5, 5.41) is 10.9. The molecule has 1 saturated heterocycles. The number of hydrogen-bond donors (Lipinski definition) is 2. The fourth-order valence-corrected chi connectivity index (χ4v) is 3.27. The maximum absolute atomic E-state index is 13.1. The number of hydrogen-bond acceptors (Lipinski definition) is 4. The monoisotopic (exact) mass is 387 g/mol. The van der Waals surface area contributed by atoms with Gasteiger partial charge in [0, 0.05) is 64.7 Å². The van der Waals surface area contributed by atoms with Gasteiger partial charge in [0.1, 0.15) is 5.82 Å². The number of aromatic nitrogens is 2. The van der Waals surface area contributed by atoms with Gasteiger partial charge in [-0.1, -0.05) is 0 Å². The molecule has 2 N–H and O–H groups in total. The number of aryl methyl sites for hydroxylation is 1. The van der Waals surface area contributed by atoms with E-state index < -0.39 is 0 Å². The van der Waals surface area contributed by atoms with Crippen molar-refractivity contribution in [2.75, 3.05) is 50.7 Å². The quantitative estimate of drug-likeness (QED) is 0.556. The van der Waals surface area contributed by atoms with Gasteiger partial charge >= 0.3 is 0 Å². The van der Waals surface area contributed by atoms with E-state index in [0.29, 0.717) is 6.54 Å². The molecule has 0 saturated carbocycles. The average molecular weight is 388 g/mol. The van der Waals surface area contributed by atoms with Gasteiger partial charge in [0.25, 0.3) is 0 Å². The molecule has 0 spiro atoms. The molecule has 2 aromatic rings. The van der Waals surface area contributed by atoms with E-state index in [-0.39, 0.29) is 5.82 Å². The number of guanidine groups is 1. The maximum atomic E-state index is 13.1. The second-order valence-electron chi connectivity index (χ2n) is 6.87. The van der Waals surface area contributed by atoms with Crippen LogP contribution in [0.25, 0.3) is 0 Å². The standard InChI is InChI=1S/C20H30FN7/c1-3-22-20(24-16-19-8-9-25-26(19)2)23-10-11-27-12-14-28(15-13-27)18-6-4-17(21)5-7-18/h4-9H,3,10-16H2,1-2H3,(H2,22,23,24). The molecule has 3 rings (SSSR count). The largest absolute Gasteiger partial charge is 0.369 e. The van der Waals surface area contributed by atoms with Crippen molar-refractivity contribution in [3.8, 4) is 0 Å². The molecule has 1 aliphatic rings. The highest BCUT2D eigenvalue weighted by atomic mass is 19.1. The van der Waals surface area contributed by atoms with E-state index in [4.69, 9.17) is 0 Å². The van der Waals surface area contributed by atoms with Crippen LogP contribution in [0.15, 0.2) is 41.5 Å². The molecule has 0 unspecified atom stereocenters. The number of anilines is 1. The summed E-state index contributed by atoms with van der Waals surface area (Å²) in [6, 6.07) is 8.74. The van der Waals surface area contributed by atoms with Crippen molar-refractivity contribution in [1.29, 1.82) is 0 Å². The lowest BCUT2D eigenvalue weighted by atomic mass is 10.2. The number of nitrogens with zero attached hydrogens (tertiary/aromatic N) is 5. The summed E-state index contributed by atoms with van der Waals surface area (Å²) < 4.78 is 14.9. The predicted molar refractivity (Wildman–Crippen MR) is 111 cm³/mol. The molecule has 0 atom stereocenters. The van der Waals surface area contributed by atoms with E-state index in [2.05, 4.69) is 37.4 Å². The van der Waals surface area contributed by atoms with Crippen molar-refractivity contribution in [3.05, 3.63) is 48.0 Å². The molecule has 0 radical (unpaired) electrons. The van der Waals surface area contributed by atoms with E-state index in [1.54, 1.807) is 6.20 Å². The number of rotatable bonds is 7. The number of aliphatic imine (C=N–C) groups is 1. The van der Waals surface area contributed by atoms with Crippen LogP contribution in [-0.2, 0) is 13.6 Å². The van der Waals surface area contributed by atoms with E-state index in [1.165, 1.54) is 12.1 Å². The number of benzene rings is 1. The Morgan fingerprint density at radius 1 is 1.11 bits per heavy atom. The molecule has 7 nitrogen and oxygen atoms in total. The molecular weight excluding hydrogens is 357 g/mol. The van der Waals surface area contributed by atoms with Crippen LogP contribution in [0.5, 0.6) is 0 Å². The van der Waals surface area contributed by atoms with Gasteiger partial charge < -0.3 is 15.5 Å². The van der Waals surface area contributed by atoms with Crippen LogP contribution in [0, 0.1) is 5.82 Å². The molecule has 0 aliphatic carbocycles. The minimum absolute atomic E-state index is 0.185. The second kappa shape index (κ2) is 10.1. The topological polar surface area (TPSA) is 60.7 Å². The summed E-state index contributed by atoms with van der Waals surface area (Å²) >= 11 is 0. The van der Waals surface area contributed by atoms with Crippen molar-refractivity contribution in [3.63, 3.8) is 0 Å². The van der Waals surface area contributed by atoms with Crippen LogP contribution in [-0.4, -0.2) is 66.5 Å². The van der Waals surface area contributed by atoms with Crippen LogP contribution < -0.4 is 15.5 Å². The van der Waals surface area contributed by atoms with Crippen LogP contribution >= 0.6 is 0 Å². The molecule has 1 aromatic heterocycles. The van der Waals surface area contributed by atoms with E-state index in [9.17, 15) is 4.39 Å². The highest BCUT2D eigenvalue weighted by Crippen LogP contribution is 2.16. The van der Waals surface area contributed by atoms with E-state index >= 15 is 0 Å². The molecule has 0 bridgehead atoms. The van der Waals surface area contributed by atoms with Crippen LogP contribution in [0.3, 0.4) is 0 Å². The van der Waals surface area contributed by atoms with Gasteiger partial charge in [0.05, 0.1) is 12.2 Å². The second-order valence-corrected chi connectivity index (χ2v) is 6.87. The minimum atomic E-state index is -0.185. The van der Waals surface area contributed by atoms with Gasteiger partial charge in [-0.2, -0.15) is 5.10 Å². The van der Waals surface area contributed by atoms with Crippen LogP contribution in [0.2, 0.25) is 0 Å². The summed E-state index contributed by atoms with van der Waals surface area (Å²) in [6.07, 6.45) is 1.79. The molecule has 2 heterocycles. The van der Waals surface area contributed by atoms with Crippen molar-refractivity contribution < 1.29 is 4.39 Å². The van der Waals surface area contributed by atoms with Crippen molar-refractivity contribution >= 4 is 11.6 Å². The molecular formula is C20H30FN7. The van der Waals surface area contributed by atoms with Gasteiger partial charge in [0.15, 0.2) is 5.96 Å². The predicted octanol–water partition coefficient (Wildman–Crippen LogP) is 1.44. The third kappa shape index (κ3) is 5.69. The van der Waals surface area contributed by atoms with E-state index in [1.807, 2.05) is 29.9 Å². The first-order valence-electron chi connectivity index (χ1n) is 9.87. The van der Waals surface area contributed by atoms with Gasteiger partial charge in [0.2, 0.25) is 0 Å². The first-order chi connectivity index (χ1) is 13.7. The Balaban J connectivity index is 1.41. The summed E-state index contributed by atoms with van der Waals surface area (Å²) in [4.78, 5) is 9.38. The third-order valence-electron chi connectivity index (χ3n) is 4.95. The van der Waals surface area contributed by atoms with Crippen molar-refractivity contribution in [2.45, 2.75) is 13.5 Å². The van der Waals surface area contributed by atoms with Crippen LogP contribution in [0.4, 0.5) is 10.1 Å². The zero-order valence-corrected chi connectivity index (χ0v) is 16.7. The maximum Gasteiger partial charge on any atom is 0.191 e. The zero-order valence-electron chi connectivity index (χ0n) is 16.7. The lowest BCUT2D eigenvalue weighted by Gasteiger charge is -2.36. The smallest absolute Gasteiger partial charge is 0.191 e. The average Bonchev–Trinajstić information content (AvgIpc) is 3.12. The Hall–Kier alpha value is -2.61. The lowest BCUT2D eigenvalue weighted by molar-refractivity contribution is 0.261. The molecule has 28 heavy (non-hydrogen) atoms. The first kappa shape index (κ1) is 20.1. The molecule has 1 fully saturated rings. The lowest BCUT2D eigenvalue weighted by Crippen LogP contribution is -2.49. The Morgan fingerprint density at radius 3 is 2.50 bits per heavy atom. The van der Waals surface area contributed by atoms with Crippen molar-refractivity contribution in [2.24, 2.45) is 12.0 Å². The normalized spacial score (nSPS) is 15.7. The Morgan fingerprint density at radius 2 is 1.86 bits per heavy atom. The summed E-state index contributed by atoms with van der Waals surface area (Å²) in [6.45, 7) is 9.22. The number of nitrogens with one attached hydrogen (secondary N) is 2. The molecule has 1 aliphatic heterocycles. The minimum Gasteiger partial charge on any atom is -0.369 e. The SMILES string of the molecule is CCNC(=NCc1ccnn1C)NCCN1CCN(c2ccc(F)cc2)CC1. The number of halogens is 1. The highest BCUT2D eigenvalue weighted by molar-refractivity contribution is 5.79. The fourth-order valence-electron chi connectivity index (χ4n) is 3.27. The fraction of sp³-hybridized carbons (Fsp3) is 0.500. The summed E-state index contributed by atoms with van der Waals surface area (Å²) in [5.74, 6) is 0.642. The molecule has 152 valence electrons. The van der Waals surface area contributed by atoms with Gasteiger partial charge in [-0.05, 0) is 37.3 Å². The molecule has 8 heteroatoms. The van der Waals surface area contributed by atoms with Gasteiger partial charge in [-0.15, -0.1) is 0 Å². The van der Waals surface area contributed by atoms with Crippen molar-refractivity contribution in [1.82, 2.24) is 25.3 Å². The van der Waals surface area contributed by atoms with E-state index in [0.717, 1.165) is 63.2 Å². The summed E-state index contributed by atoms with van der Waals surface area (Å²) in [7, 11) is 1.93. The molecule has 1 aromatic carbocycles. The van der Waals surface area contributed by atoms with Crippen LogP contribution in [0.1, 0.15) is 12.6 Å². The van der Waals surface area contributed by atoms with Gasteiger partial charge in [-0.3, -0.25) is 9.58 Å². The Labute approximate surface area is 166 Å². The molecule has 0 amide bonds. The Kier molecular flexibility index (Phi) is 7.25. The first-order valence-corrected chi connectivity index (χ1v) is 9.87. The zero-order chi connectivity index (χ0) is 19.8.